The summed E-state index contributed by atoms with van der Waals surface area (Å²) in [4.78, 5) is 20.3. The third-order valence-electron chi connectivity index (χ3n) is 3.18. The van der Waals surface area contributed by atoms with E-state index in [2.05, 4.69) is 11.1 Å². The Morgan fingerprint density at radius 1 is 1.55 bits per heavy atom. The van der Waals surface area contributed by atoms with E-state index in [4.69, 9.17) is 4.74 Å². The van der Waals surface area contributed by atoms with Crippen molar-refractivity contribution < 1.29 is 9.53 Å². The molecule has 1 aliphatic rings. The van der Waals surface area contributed by atoms with Gasteiger partial charge in [-0.3, -0.25) is 0 Å². The summed E-state index contributed by atoms with van der Waals surface area (Å²) in [6, 6.07) is 3.70. The molecule has 0 aliphatic carbocycles. The molecule has 0 unspecified atom stereocenters. The maximum absolute atomic E-state index is 12.0. The first-order valence-electron chi connectivity index (χ1n) is 6.63. The number of nitrogens with zero attached hydrogens (tertiary/aromatic N) is 4. The molecule has 0 spiro atoms. The zero-order valence-electron chi connectivity index (χ0n) is 12.0. The largest absolute Gasteiger partial charge is 0.462 e. The fraction of sp³-hybridized carbons (Fsp3) is 0.500. The zero-order valence-corrected chi connectivity index (χ0v) is 12.0. The standard InChI is InChI=1S/C14H18N4O2/c1-4-20-14(19)11-8-10(9-15)12(18-6-5-7-18)16-13(11)17(2)3/h8H,4-7H2,1-3H3. The van der Waals surface area contributed by atoms with Crippen LogP contribution in [0.15, 0.2) is 6.07 Å². The topological polar surface area (TPSA) is 69.5 Å². The number of hydrogen-bond acceptors (Lipinski definition) is 6. The van der Waals surface area contributed by atoms with Gasteiger partial charge in [-0.25, -0.2) is 9.78 Å². The number of carbonyl (C=O) groups excluding carboxylic acids is 1. The third-order valence-corrected chi connectivity index (χ3v) is 3.18. The van der Waals surface area contributed by atoms with Gasteiger partial charge in [0, 0.05) is 27.2 Å². The predicted molar refractivity (Wildman–Crippen MR) is 76.1 cm³/mol. The molecule has 1 aromatic heterocycles. The van der Waals surface area contributed by atoms with Gasteiger partial charge in [-0.1, -0.05) is 0 Å². The van der Waals surface area contributed by atoms with Gasteiger partial charge in [0.05, 0.1) is 12.2 Å². The average Bonchev–Trinajstić information content (AvgIpc) is 2.36. The maximum Gasteiger partial charge on any atom is 0.341 e. The van der Waals surface area contributed by atoms with Gasteiger partial charge in [0.2, 0.25) is 0 Å². The van der Waals surface area contributed by atoms with Crippen molar-refractivity contribution in [1.29, 1.82) is 5.26 Å². The smallest absolute Gasteiger partial charge is 0.341 e. The summed E-state index contributed by atoms with van der Waals surface area (Å²) in [6.07, 6.45) is 1.10. The second kappa shape index (κ2) is 5.78. The Hall–Kier alpha value is -2.29. The third kappa shape index (κ3) is 2.52. The van der Waals surface area contributed by atoms with Crippen LogP contribution in [0.1, 0.15) is 29.3 Å². The summed E-state index contributed by atoms with van der Waals surface area (Å²) < 4.78 is 5.03. The number of rotatable bonds is 4. The Labute approximate surface area is 118 Å². The molecule has 0 radical (unpaired) electrons. The summed E-state index contributed by atoms with van der Waals surface area (Å²) in [6.45, 7) is 3.84. The van der Waals surface area contributed by atoms with E-state index in [1.165, 1.54) is 0 Å². The van der Waals surface area contributed by atoms with Crippen LogP contribution in [0.25, 0.3) is 0 Å². The molecule has 1 aliphatic heterocycles. The average molecular weight is 274 g/mol. The van der Waals surface area contributed by atoms with E-state index in [1.807, 2.05) is 19.0 Å². The van der Waals surface area contributed by atoms with Crippen molar-refractivity contribution in [3.63, 3.8) is 0 Å². The molecule has 6 heteroatoms. The Balaban J connectivity index is 2.51. The Morgan fingerprint density at radius 2 is 2.25 bits per heavy atom. The summed E-state index contributed by atoms with van der Waals surface area (Å²) in [5.41, 5.74) is 0.746. The number of aromatic nitrogens is 1. The van der Waals surface area contributed by atoms with Crippen molar-refractivity contribution in [2.24, 2.45) is 0 Å². The highest BCUT2D eigenvalue weighted by Gasteiger charge is 2.25. The molecule has 1 saturated heterocycles. The number of ether oxygens (including phenoxy) is 1. The van der Waals surface area contributed by atoms with E-state index >= 15 is 0 Å². The van der Waals surface area contributed by atoms with Gasteiger partial charge in [0.1, 0.15) is 23.3 Å². The van der Waals surface area contributed by atoms with Gasteiger partial charge in [-0.15, -0.1) is 0 Å². The van der Waals surface area contributed by atoms with Gasteiger partial charge < -0.3 is 14.5 Å². The van der Waals surface area contributed by atoms with Crippen LogP contribution in [0.3, 0.4) is 0 Å². The van der Waals surface area contributed by atoms with Crippen LogP contribution in [0.2, 0.25) is 0 Å². The minimum atomic E-state index is -0.449. The molecule has 1 aromatic rings. The molecule has 2 rings (SSSR count). The highest BCUT2D eigenvalue weighted by Crippen LogP contribution is 2.28. The van der Waals surface area contributed by atoms with Gasteiger partial charge in [-0.2, -0.15) is 5.26 Å². The van der Waals surface area contributed by atoms with Crippen molar-refractivity contribution in [3.05, 3.63) is 17.2 Å². The number of anilines is 2. The number of pyridine rings is 1. The molecule has 0 N–H and O–H groups in total. The predicted octanol–water partition coefficient (Wildman–Crippen LogP) is 1.41. The summed E-state index contributed by atoms with van der Waals surface area (Å²) in [7, 11) is 3.63. The number of carbonyl (C=O) groups is 1. The number of hydrogen-bond donors (Lipinski definition) is 0. The van der Waals surface area contributed by atoms with Gasteiger partial charge >= 0.3 is 5.97 Å². The SMILES string of the molecule is CCOC(=O)c1cc(C#N)c(N2CCC2)nc1N(C)C. The van der Waals surface area contributed by atoms with Crippen LogP contribution in [-0.2, 0) is 4.74 Å². The maximum atomic E-state index is 12.0. The van der Waals surface area contributed by atoms with Crippen molar-refractivity contribution in [2.75, 3.05) is 43.6 Å². The second-order valence-electron chi connectivity index (χ2n) is 4.80. The monoisotopic (exact) mass is 274 g/mol. The molecule has 2 heterocycles. The van der Waals surface area contributed by atoms with E-state index in [-0.39, 0.29) is 0 Å². The summed E-state index contributed by atoms with van der Waals surface area (Å²) >= 11 is 0. The highest BCUT2D eigenvalue weighted by atomic mass is 16.5. The fourth-order valence-corrected chi connectivity index (χ4v) is 2.05. The number of nitriles is 1. The molecule has 1 fully saturated rings. The second-order valence-corrected chi connectivity index (χ2v) is 4.80. The first kappa shape index (κ1) is 14.1. The fourth-order valence-electron chi connectivity index (χ4n) is 2.05. The molecule has 6 nitrogen and oxygen atoms in total. The van der Waals surface area contributed by atoms with Crippen LogP contribution >= 0.6 is 0 Å². The Bertz CT molecular complexity index is 559. The van der Waals surface area contributed by atoms with E-state index < -0.39 is 5.97 Å². The molecule has 20 heavy (non-hydrogen) atoms. The highest BCUT2D eigenvalue weighted by molar-refractivity contribution is 5.96. The van der Waals surface area contributed by atoms with E-state index in [0.717, 1.165) is 19.5 Å². The van der Waals surface area contributed by atoms with E-state index in [1.54, 1.807) is 17.9 Å². The quantitative estimate of drug-likeness (QED) is 0.773. The zero-order chi connectivity index (χ0) is 14.7. The molecular weight excluding hydrogens is 256 g/mol. The van der Waals surface area contributed by atoms with Crippen LogP contribution < -0.4 is 9.80 Å². The summed E-state index contributed by atoms with van der Waals surface area (Å²) in [5, 5.41) is 9.27. The Kier molecular flexibility index (Phi) is 4.08. The van der Waals surface area contributed by atoms with Crippen LogP contribution in [0, 0.1) is 11.3 Å². The molecule has 106 valence electrons. The minimum absolute atomic E-state index is 0.293. The molecule has 0 amide bonds. The van der Waals surface area contributed by atoms with Crippen LogP contribution in [0.4, 0.5) is 11.6 Å². The minimum Gasteiger partial charge on any atom is -0.462 e. The Morgan fingerprint density at radius 3 is 2.70 bits per heavy atom. The lowest BCUT2D eigenvalue weighted by molar-refractivity contribution is 0.0526. The van der Waals surface area contributed by atoms with Gasteiger partial charge in [-0.05, 0) is 19.4 Å². The first-order valence-corrected chi connectivity index (χ1v) is 6.63. The molecule has 0 atom stereocenters. The normalized spacial score (nSPS) is 13.4. The van der Waals surface area contributed by atoms with Crippen molar-refractivity contribution >= 4 is 17.6 Å². The summed E-state index contributed by atoms with van der Waals surface area (Å²) in [5.74, 6) is 0.732. The lowest BCUT2D eigenvalue weighted by Crippen LogP contribution is -2.38. The van der Waals surface area contributed by atoms with Crippen LogP contribution in [-0.4, -0.2) is 44.7 Å². The van der Waals surface area contributed by atoms with Crippen molar-refractivity contribution in [1.82, 2.24) is 4.98 Å². The lowest BCUT2D eigenvalue weighted by Gasteiger charge is -2.33. The van der Waals surface area contributed by atoms with Crippen LogP contribution in [0.5, 0.6) is 0 Å². The molecule has 0 bridgehead atoms. The van der Waals surface area contributed by atoms with Crippen molar-refractivity contribution in [2.45, 2.75) is 13.3 Å². The van der Waals surface area contributed by atoms with E-state index in [9.17, 15) is 10.1 Å². The van der Waals surface area contributed by atoms with Crippen molar-refractivity contribution in [3.8, 4) is 6.07 Å². The van der Waals surface area contributed by atoms with Gasteiger partial charge in [0.15, 0.2) is 0 Å². The van der Waals surface area contributed by atoms with E-state index in [0.29, 0.717) is 29.4 Å². The molecular formula is C14H18N4O2. The number of esters is 1. The first-order chi connectivity index (χ1) is 9.58. The van der Waals surface area contributed by atoms with Gasteiger partial charge in [0.25, 0.3) is 0 Å². The molecule has 0 saturated carbocycles. The molecule has 0 aromatic carbocycles. The lowest BCUT2D eigenvalue weighted by atomic mass is 10.1.